The second-order valence-corrected chi connectivity index (χ2v) is 9.06. The minimum absolute atomic E-state index is 0.679. The van der Waals surface area contributed by atoms with Gasteiger partial charge in [0.25, 0.3) is 0 Å². The van der Waals surface area contributed by atoms with E-state index in [-0.39, 0.29) is 0 Å². The minimum atomic E-state index is 0.679. The molecular formula is C34H22N2O. The average Bonchev–Trinajstić information content (AvgIpc) is 3.36. The van der Waals surface area contributed by atoms with Crippen LogP contribution in [-0.4, -0.2) is 9.97 Å². The maximum atomic E-state index is 6.33. The molecule has 0 aliphatic carbocycles. The van der Waals surface area contributed by atoms with Crippen LogP contribution in [0.25, 0.3) is 67.0 Å². The number of aromatic nitrogens is 2. The lowest BCUT2D eigenvalue weighted by Gasteiger charge is -2.09. The van der Waals surface area contributed by atoms with E-state index in [1.165, 1.54) is 5.56 Å². The maximum Gasteiger partial charge on any atom is 0.180 e. The van der Waals surface area contributed by atoms with Crippen molar-refractivity contribution >= 4 is 22.1 Å². The predicted molar refractivity (Wildman–Crippen MR) is 151 cm³/mol. The zero-order chi connectivity index (χ0) is 24.6. The first-order chi connectivity index (χ1) is 18.3. The van der Waals surface area contributed by atoms with E-state index < -0.39 is 0 Å². The molecule has 0 atom stereocenters. The van der Waals surface area contributed by atoms with Crippen molar-refractivity contribution in [2.24, 2.45) is 0 Å². The van der Waals surface area contributed by atoms with Crippen LogP contribution in [0.1, 0.15) is 0 Å². The molecule has 2 aromatic heterocycles. The van der Waals surface area contributed by atoms with Gasteiger partial charge in [0, 0.05) is 16.5 Å². The highest BCUT2D eigenvalue weighted by atomic mass is 16.3. The van der Waals surface area contributed by atoms with E-state index in [2.05, 4.69) is 103 Å². The van der Waals surface area contributed by atoms with Crippen molar-refractivity contribution in [1.82, 2.24) is 9.97 Å². The molecular weight excluding hydrogens is 452 g/mol. The quantitative estimate of drug-likeness (QED) is 0.255. The molecule has 0 N–H and O–H groups in total. The summed E-state index contributed by atoms with van der Waals surface area (Å²) >= 11 is 0. The molecule has 7 aromatic rings. The topological polar surface area (TPSA) is 38.9 Å². The first-order valence-electron chi connectivity index (χ1n) is 12.3. The Morgan fingerprint density at radius 2 is 1.00 bits per heavy atom. The van der Waals surface area contributed by atoms with E-state index in [9.17, 15) is 0 Å². The van der Waals surface area contributed by atoms with Crippen LogP contribution in [-0.2, 0) is 0 Å². The molecule has 174 valence electrons. The van der Waals surface area contributed by atoms with Gasteiger partial charge >= 0.3 is 0 Å². The Labute approximate surface area is 214 Å². The van der Waals surface area contributed by atoms with Crippen molar-refractivity contribution < 1.29 is 4.42 Å². The molecule has 0 spiro atoms. The highest BCUT2D eigenvalue weighted by Gasteiger charge is 2.18. The van der Waals surface area contributed by atoms with Gasteiger partial charge in [-0.25, -0.2) is 9.97 Å². The molecule has 2 heterocycles. The van der Waals surface area contributed by atoms with Gasteiger partial charge in [0.15, 0.2) is 11.4 Å². The fourth-order valence-electron chi connectivity index (χ4n) is 4.83. The molecule has 0 saturated heterocycles. The summed E-state index contributed by atoms with van der Waals surface area (Å²) in [6.45, 7) is 0. The SMILES string of the molecule is c1ccc(-c2ccc(-c3nc(-c4cccc(-c5ccccc5)c4)c4oc5ccccc5c4n3)cc2)cc1. The second kappa shape index (κ2) is 8.89. The molecule has 0 fully saturated rings. The lowest BCUT2D eigenvalue weighted by molar-refractivity contribution is 0.667. The first-order valence-corrected chi connectivity index (χ1v) is 12.3. The third-order valence-electron chi connectivity index (χ3n) is 6.71. The number of hydrogen-bond donors (Lipinski definition) is 0. The third kappa shape index (κ3) is 3.87. The number of rotatable bonds is 4. The Hall–Kier alpha value is -5.02. The van der Waals surface area contributed by atoms with Gasteiger partial charge in [-0.15, -0.1) is 0 Å². The monoisotopic (exact) mass is 474 g/mol. The molecule has 0 radical (unpaired) electrons. The fourth-order valence-corrected chi connectivity index (χ4v) is 4.83. The van der Waals surface area contributed by atoms with Crippen LogP contribution in [0.4, 0.5) is 0 Å². The van der Waals surface area contributed by atoms with E-state index >= 15 is 0 Å². The Bertz CT molecular complexity index is 1850. The van der Waals surface area contributed by atoms with Crippen LogP contribution in [0.2, 0.25) is 0 Å². The molecule has 3 heteroatoms. The number of para-hydroxylation sites is 1. The highest BCUT2D eigenvalue weighted by Crippen LogP contribution is 2.36. The predicted octanol–water partition coefficient (Wildman–Crippen LogP) is 9.04. The van der Waals surface area contributed by atoms with Crippen molar-refractivity contribution in [2.45, 2.75) is 0 Å². The van der Waals surface area contributed by atoms with Crippen molar-refractivity contribution in [3.05, 3.63) is 133 Å². The second-order valence-electron chi connectivity index (χ2n) is 9.06. The Morgan fingerprint density at radius 1 is 0.432 bits per heavy atom. The fraction of sp³-hybridized carbons (Fsp3) is 0. The molecule has 0 aliphatic rings. The molecule has 0 unspecified atom stereocenters. The highest BCUT2D eigenvalue weighted by molar-refractivity contribution is 6.07. The zero-order valence-electron chi connectivity index (χ0n) is 20.0. The van der Waals surface area contributed by atoms with Crippen LogP contribution in [0.5, 0.6) is 0 Å². The number of fused-ring (bicyclic) bond motifs is 3. The standard InChI is InChI=1S/C34H22N2O/c1-3-10-23(11-4-1)25-18-20-26(21-19-25)34-35-31(33-32(36-34)29-16-7-8-17-30(29)37-33)28-15-9-14-27(22-28)24-12-5-2-6-13-24/h1-22H. The Kier molecular flexibility index (Phi) is 5.11. The first kappa shape index (κ1) is 21.3. The molecule has 0 bridgehead atoms. The summed E-state index contributed by atoms with van der Waals surface area (Å²) in [5.41, 5.74) is 9.74. The largest absolute Gasteiger partial charge is 0.452 e. The lowest BCUT2D eigenvalue weighted by atomic mass is 10.0. The van der Waals surface area contributed by atoms with E-state index in [1.807, 2.05) is 30.3 Å². The smallest absolute Gasteiger partial charge is 0.180 e. The lowest BCUT2D eigenvalue weighted by Crippen LogP contribution is -1.94. The van der Waals surface area contributed by atoms with Crippen LogP contribution < -0.4 is 0 Å². The number of nitrogens with zero attached hydrogens (tertiary/aromatic N) is 2. The normalized spacial score (nSPS) is 11.2. The van der Waals surface area contributed by atoms with E-state index in [0.29, 0.717) is 11.4 Å². The summed E-state index contributed by atoms with van der Waals surface area (Å²) in [6, 6.07) is 45.7. The molecule has 0 amide bonds. The van der Waals surface area contributed by atoms with Crippen molar-refractivity contribution in [3.8, 4) is 44.9 Å². The van der Waals surface area contributed by atoms with Gasteiger partial charge in [0.1, 0.15) is 16.8 Å². The number of furan rings is 1. The minimum Gasteiger partial charge on any atom is -0.452 e. The summed E-state index contributed by atoms with van der Waals surface area (Å²) in [5.74, 6) is 0.679. The average molecular weight is 475 g/mol. The van der Waals surface area contributed by atoms with Gasteiger partial charge in [0.05, 0.1) is 0 Å². The van der Waals surface area contributed by atoms with Gasteiger partial charge < -0.3 is 4.42 Å². The van der Waals surface area contributed by atoms with Crippen molar-refractivity contribution in [3.63, 3.8) is 0 Å². The zero-order valence-corrected chi connectivity index (χ0v) is 20.0. The van der Waals surface area contributed by atoms with Gasteiger partial charge in [-0.1, -0.05) is 115 Å². The third-order valence-corrected chi connectivity index (χ3v) is 6.71. The molecule has 7 rings (SSSR count). The van der Waals surface area contributed by atoms with Gasteiger partial charge in [-0.3, -0.25) is 0 Å². The van der Waals surface area contributed by atoms with Crippen molar-refractivity contribution in [2.75, 3.05) is 0 Å². The summed E-state index contributed by atoms with van der Waals surface area (Å²) in [4.78, 5) is 10.1. The summed E-state index contributed by atoms with van der Waals surface area (Å²) in [7, 11) is 0. The summed E-state index contributed by atoms with van der Waals surface area (Å²) in [6.07, 6.45) is 0. The summed E-state index contributed by atoms with van der Waals surface area (Å²) in [5, 5.41) is 0.988. The molecule has 0 aliphatic heterocycles. The Balaban J connectivity index is 1.42. The summed E-state index contributed by atoms with van der Waals surface area (Å²) < 4.78 is 6.33. The van der Waals surface area contributed by atoms with Crippen LogP contribution >= 0.6 is 0 Å². The van der Waals surface area contributed by atoms with Crippen LogP contribution in [0, 0.1) is 0 Å². The van der Waals surface area contributed by atoms with Gasteiger partial charge in [0.2, 0.25) is 0 Å². The molecule has 37 heavy (non-hydrogen) atoms. The van der Waals surface area contributed by atoms with Crippen LogP contribution in [0.3, 0.4) is 0 Å². The number of benzene rings is 5. The maximum absolute atomic E-state index is 6.33. The molecule has 3 nitrogen and oxygen atoms in total. The Morgan fingerprint density at radius 3 is 1.76 bits per heavy atom. The van der Waals surface area contributed by atoms with E-state index in [4.69, 9.17) is 14.4 Å². The van der Waals surface area contributed by atoms with Crippen molar-refractivity contribution in [1.29, 1.82) is 0 Å². The molecule has 5 aromatic carbocycles. The van der Waals surface area contributed by atoms with E-state index in [0.717, 1.165) is 50.0 Å². The van der Waals surface area contributed by atoms with E-state index in [1.54, 1.807) is 0 Å². The number of hydrogen-bond acceptors (Lipinski definition) is 3. The van der Waals surface area contributed by atoms with Gasteiger partial charge in [-0.05, 0) is 40.5 Å². The van der Waals surface area contributed by atoms with Crippen LogP contribution in [0.15, 0.2) is 138 Å². The molecule has 0 saturated carbocycles. The van der Waals surface area contributed by atoms with Gasteiger partial charge in [-0.2, -0.15) is 0 Å².